The molecule has 1 aromatic rings. The van der Waals surface area contributed by atoms with Crippen LogP contribution in [0.3, 0.4) is 0 Å². The SMILES string of the molecule is CCN(CC1CCN(C(=NC)NCCc2ccc(Cl)nc2)CC1)C(=O)OC(C)(C)C. The summed E-state index contributed by atoms with van der Waals surface area (Å²) in [7, 11) is 1.82. The van der Waals surface area contributed by atoms with Gasteiger partial charge >= 0.3 is 6.09 Å². The van der Waals surface area contributed by atoms with Gasteiger partial charge in [0.2, 0.25) is 0 Å². The number of pyridine rings is 1. The topological polar surface area (TPSA) is 70.1 Å². The summed E-state index contributed by atoms with van der Waals surface area (Å²) in [4.78, 5) is 25.1. The normalized spacial score (nSPS) is 15.8. The first-order valence-corrected chi connectivity index (χ1v) is 11.1. The summed E-state index contributed by atoms with van der Waals surface area (Å²) < 4.78 is 5.53. The van der Waals surface area contributed by atoms with Crippen LogP contribution in [0, 0.1) is 5.92 Å². The van der Waals surface area contributed by atoms with Crippen LogP contribution in [0.25, 0.3) is 0 Å². The highest BCUT2D eigenvalue weighted by molar-refractivity contribution is 6.29. The molecular weight excluding hydrogens is 402 g/mol. The Labute approximate surface area is 185 Å². The highest BCUT2D eigenvalue weighted by Crippen LogP contribution is 2.20. The summed E-state index contributed by atoms with van der Waals surface area (Å²) in [6, 6.07) is 3.81. The lowest BCUT2D eigenvalue weighted by atomic mass is 9.96. The van der Waals surface area contributed by atoms with E-state index in [1.807, 2.05) is 58.0 Å². The summed E-state index contributed by atoms with van der Waals surface area (Å²) in [5.41, 5.74) is 0.677. The van der Waals surface area contributed by atoms with Gasteiger partial charge in [-0.1, -0.05) is 17.7 Å². The minimum atomic E-state index is -0.464. The maximum atomic E-state index is 12.4. The molecule has 1 amide bonds. The van der Waals surface area contributed by atoms with Crippen LogP contribution in [0.1, 0.15) is 46.1 Å². The molecule has 1 saturated heterocycles. The average molecular weight is 438 g/mol. The molecule has 8 heteroatoms. The number of amides is 1. The number of ether oxygens (including phenoxy) is 1. The van der Waals surface area contributed by atoms with E-state index in [1.54, 1.807) is 0 Å². The summed E-state index contributed by atoms with van der Waals surface area (Å²) >= 11 is 5.84. The summed E-state index contributed by atoms with van der Waals surface area (Å²) in [6.07, 6.45) is 4.51. The van der Waals surface area contributed by atoms with Crippen LogP contribution < -0.4 is 5.32 Å². The lowest BCUT2D eigenvalue weighted by Gasteiger charge is -2.36. The molecule has 0 atom stereocenters. The van der Waals surface area contributed by atoms with Crippen molar-refractivity contribution in [3.05, 3.63) is 29.0 Å². The highest BCUT2D eigenvalue weighted by atomic mass is 35.5. The zero-order valence-electron chi connectivity index (χ0n) is 18.9. The molecule has 1 aromatic heterocycles. The monoisotopic (exact) mass is 437 g/mol. The minimum absolute atomic E-state index is 0.221. The van der Waals surface area contributed by atoms with E-state index in [4.69, 9.17) is 16.3 Å². The maximum Gasteiger partial charge on any atom is 0.410 e. The molecule has 0 bridgehead atoms. The van der Waals surface area contributed by atoms with Crippen molar-refractivity contribution < 1.29 is 9.53 Å². The number of guanidine groups is 1. The molecule has 2 rings (SSSR count). The third kappa shape index (κ3) is 8.01. The predicted molar refractivity (Wildman–Crippen MR) is 122 cm³/mol. The Morgan fingerprint density at radius 2 is 2.07 bits per heavy atom. The number of nitrogens with one attached hydrogen (secondary N) is 1. The average Bonchev–Trinajstić information content (AvgIpc) is 2.70. The Kier molecular flexibility index (Phi) is 9.21. The van der Waals surface area contributed by atoms with Crippen molar-refractivity contribution in [1.82, 2.24) is 20.1 Å². The Balaban J connectivity index is 1.77. The fraction of sp³-hybridized carbons (Fsp3) is 0.682. The van der Waals surface area contributed by atoms with E-state index >= 15 is 0 Å². The van der Waals surface area contributed by atoms with Crippen LogP contribution in [0.15, 0.2) is 23.3 Å². The van der Waals surface area contributed by atoms with Crippen molar-refractivity contribution >= 4 is 23.7 Å². The van der Waals surface area contributed by atoms with E-state index in [2.05, 4.69) is 20.2 Å². The van der Waals surface area contributed by atoms with Gasteiger partial charge in [-0.05, 0) is 64.5 Å². The molecule has 1 fully saturated rings. The number of aliphatic imine (C=N–C) groups is 1. The Morgan fingerprint density at radius 3 is 2.60 bits per heavy atom. The van der Waals surface area contributed by atoms with E-state index in [0.717, 1.165) is 57.0 Å². The van der Waals surface area contributed by atoms with Crippen LogP contribution in [0.2, 0.25) is 5.15 Å². The van der Waals surface area contributed by atoms with Gasteiger partial charge in [0.15, 0.2) is 5.96 Å². The molecule has 168 valence electrons. The summed E-state index contributed by atoms with van der Waals surface area (Å²) in [5, 5.41) is 3.96. The molecule has 7 nitrogen and oxygen atoms in total. The van der Waals surface area contributed by atoms with Gasteiger partial charge in [-0.2, -0.15) is 0 Å². The van der Waals surface area contributed by atoms with Gasteiger partial charge in [-0.25, -0.2) is 9.78 Å². The second kappa shape index (κ2) is 11.4. The number of carbonyl (C=O) groups excluding carboxylic acids is 1. The van der Waals surface area contributed by atoms with Gasteiger partial charge in [-0.15, -0.1) is 0 Å². The first-order chi connectivity index (χ1) is 14.2. The number of hydrogen-bond acceptors (Lipinski definition) is 4. The molecule has 0 spiro atoms. The lowest BCUT2D eigenvalue weighted by Crippen LogP contribution is -2.48. The smallest absolute Gasteiger partial charge is 0.410 e. The van der Waals surface area contributed by atoms with Gasteiger partial charge in [0.1, 0.15) is 10.8 Å². The molecule has 0 unspecified atom stereocenters. The largest absolute Gasteiger partial charge is 0.444 e. The first kappa shape index (κ1) is 24.3. The summed E-state index contributed by atoms with van der Waals surface area (Å²) in [5.74, 6) is 1.40. The second-order valence-corrected chi connectivity index (χ2v) is 9.05. The molecule has 0 aliphatic carbocycles. The summed E-state index contributed by atoms with van der Waals surface area (Å²) in [6.45, 7) is 11.8. The third-order valence-corrected chi connectivity index (χ3v) is 5.35. The molecule has 2 heterocycles. The maximum absolute atomic E-state index is 12.4. The molecule has 1 aliphatic heterocycles. The standard InChI is InChI=1S/C22H36ClN5O2/c1-6-27(21(29)30-22(2,3)4)16-18-10-13-28(14-11-18)20(24-5)25-12-9-17-7-8-19(23)26-15-17/h7-8,15,18H,6,9-14,16H2,1-5H3,(H,24,25). The van der Waals surface area contributed by atoms with Crippen LogP contribution in [-0.2, 0) is 11.2 Å². The van der Waals surface area contributed by atoms with Crippen LogP contribution >= 0.6 is 11.6 Å². The van der Waals surface area contributed by atoms with Crippen molar-refractivity contribution in [3.8, 4) is 0 Å². The van der Waals surface area contributed by atoms with E-state index in [-0.39, 0.29) is 6.09 Å². The van der Waals surface area contributed by atoms with Crippen molar-refractivity contribution in [2.75, 3.05) is 39.8 Å². The molecule has 30 heavy (non-hydrogen) atoms. The van der Waals surface area contributed by atoms with Gasteiger partial charge in [0.25, 0.3) is 0 Å². The van der Waals surface area contributed by atoms with Crippen molar-refractivity contribution in [1.29, 1.82) is 0 Å². The third-order valence-electron chi connectivity index (χ3n) is 5.12. The van der Waals surface area contributed by atoms with Crippen LogP contribution in [0.5, 0.6) is 0 Å². The number of piperidine rings is 1. The van der Waals surface area contributed by atoms with E-state index in [9.17, 15) is 4.79 Å². The molecule has 1 aliphatic rings. The highest BCUT2D eigenvalue weighted by Gasteiger charge is 2.27. The lowest BCUT2D eigenvalue weighted by molar-refractivity contribution is 0.0214. The predicted octanol–water partition coefficient (Wildman–Crippen LogP) is 3.82. The quantitative estimate of drug-likeness (QED) is 0.416. The molecule has 0 aromatic carbocycles. The van der Waals surface area contributed by atoms with Gasteiger partial charge in [-0.3, -0.25) is 4.99 Å². The van der Waals surface area contributed by atoms with Crippen LogP contribution in [-0.4, -0.2) is 72.2 Å². The van der Waals surface area contributed by atoms with E-state index < -0.39 is 5.60 Å². The molecule has 0 saturated carbocycles. The van der Waals surface area contributed by atoms with Crippen molar-refractivity contribution in [2.45, 2.75) is 52.6 Å². The van der Waals surface area contributed by atoms with Gasteiger partial charge in [0, 0.05) is 46.0 Å². The number of halogens is 1. The van der Waals surface area contributed by atoms with E-state index in [1.165, 1.54) is 0 Å². The first-order valence-electron chi connectivity index (χ1n) is 10.8. The molecule has 0 radical (unpaired) electrons. The number of nitrogens with zero attached hydrogens (tertiary/aromatic N) is 4. The number of likely N-dealkylation sites (tertiary alicyclic amines) is 1. The Bertz CT molecular complexity index is 694. The second-order valence-electron chi connectivity index (χ2n) is 8.66. The van der Waals surface area contributed by atoms with Crippen molar-refractivity contribution in [3.63, 3.8) is 0 Å². The van der Waals surface area contributed by atoms with Gasteiger partial charge in [0.05, 0.1) is 0 Å². The van der Waals surface area contributed by atoms with Crippen molar-refractivity contribution in [2.24, 2.45) is 10.9 Å². The zero-order chi connectivity index (χ0) is 22.1. The fourth-order valence-corrected chi connectivity index (χ4v) is 3.62. The van der Waals surface area contributed by atoms with Crippen LogP contribution in [0.4, 0.5) is 4.79 Å². The Hall–Kier alpha value is -2.02. The Morgan fingerprint density at radius 1 is 1.37 bits per heavy atom. The zero-order valence-corrected chi connectivity index (χ0v) is 19.7. The molecule has 1 N–H and O–H groups in total. The number of hydrogen-bond donors (Lipinski definition) is 1. The molecular formula is C22H36ClN5O2. The fourth-order valence-electron chi connectivity index (χ4n) is 3.50. The number of aromatic nitrogens is 1. The van der Waals surface area contributed by atoms with E-state index in [0.29, 0.717) is 17.6 Å². The minimum Gasteiger partial charge on any atom is -0.444 e. The van der Waals surface area contributed by atoms with Gasteiger partial charge < -0.3 is 19.9 Å². The number of carbonyl (C=O) groups is 1. The number of rotatable bonds is 6.